The lowest BCUT2D eigenvalue weighted by atomic mass is 10.1. The molecule has 28 heavy (non-hydrogen) atoms. The van der Waals surface area contributed by atoms with Crippen LogP contribution in [-0.4, -0.2) is 40.7 Å². The molecule has 0 bridgehead atoms. The molecule has 1 heterocycles. The number of carbonyl (C=O) groups excluding carboxylic acids is 1. The summed E-state index contributed by atoms with van der Waals surface area (Å²) in [7, 11) is -2.58. The first kappa shape index (κ1) is 20.2. The van der Waals surface area contributed by atoms with Crippen LogP contribution in [0.3, 0.4) is 0 Å². The van der Waals surface area contributed by atoms with E-state index in [2.05, 4.69) is 10.0 Å². The predicted molar refractivity (Wildman–Crippen MR) is 96.9 cm³/mol. The maximum absolute atomic E-state index is 13.3. The molecule has 1 fully saturated rings. The number of rotatable bonds is 6. The first-order chi connectivity index (χ1) is 13.3. The first-order valence-corrected chi connectivity index (χ1v) is 9.82. The third kappa shape index (κ3) is 4.64. The standard InChI is InChI=1S/C18H18F2N2O5S/c1-26-17-3-2-15(28(24,25)22-13-4-5-27-10-13)9-16(17)18(23)21-14-7-11(19)6-12(20)8-14/h2-3,6-9,13,22H,4-5,10H2,1H3,(H,21,23). The Kier molecular flexibility index (Phi) is 5.92. The Labute approximate surface area is 160 Å². The molecule has 2 aromatic carbocycles. The Bertz CT molecular complexity index is 971. The van der Waals surface area contributed by atoms with Gasteiger partial charge in [-0.2, -0.15) is 0 Å². The summed E-state index contributed by atoms with van der Waals surface area (Å²) in [5, 5.41) is 2.33. The summed E-state index contributed by atoms with van der Waals surface area (Å²) in [6.45, 7) is 0.738. The molecule has 1 aliphatic heterocycles. The quantitative estimate of drug-likeness (QED) is 0.759. The molecule has 0 aromatic heterocycles. The Balaban J connectivity index is 1.88. The van der Waals surface area contributed by atoms with Gasteiger partial charge in [-0.05, 0) is 36.8 Å². The van der Waals surface area contributed by atoms with Crippen LogP contribution in [0.5, 0.6) is 5.75 Å². The van der Waals surface area contributed by atoms with Gasteiger partial charge in [0.1, 0.15) is 17.4 Å². The molecule has 150 valence electrons. The lowest BCUT2D eigenvalue weighted by Gasteiger charge is -2.14. The van der Waals surface area contributed by atoms with Gasteiger partial charge in [-0.25, -0.2) is 21.9 Å². The molecule has 0 radical (unpaired) electrons. The molecule has 1 saturated heterocycles. The van der Waals surface area contributed by atoms with E-state index in [1.54, 1.807) is 0 Å². The van der Waals surface area contributed by atoms with Crippen LogP contribution in [0, 0.1) is 11.6 Å². The number of sulfonamides is 1. The van der Waals surface area contributed by atoms with Crippen LogP contribution in [0.1, 0.15) is 16.8 Å². The predicted octanol–water partition coefficient (Wildman–Crippen LogP) is 2.29. The third-order valence-electron chi connectivity index (χ3n) is 4.10. The zero-order valence-corrected chi connectivity index (χ0v) is 15.7. The number of anilines is 1. The second-order valence-corrected chi connectivity index (χ2v) is 7.87. The van der Waals surface area contributed by atoms with Crippen LogP contribution in [0.15, 0.2) is 41.3 Å². The van der Waals surface area contributed by atoms with Gasteiger partial charge in [0.15, 0.2) is 0 Å². The summed E-state index contributed by atoms with van der Waals surface area (Å²) in [6, 6.07) is 5.98. The lowest BCUT2D eigenvalue weighted by Crippen LogP contribution is -2.35. The summed E-state index contributed by atoms with van der Waals surface area (Å²) in [4.78, 5) is 12.4. The highest BCUT2D eigenvalue weighted by atomic mass is 32.2. The molecule has 3 rings (SSSR count). The van der Waals surface area contributed by atoms with Crippen LogP contribution in [0.25, 0.3) is 0 Å². The first-order valence-electron chi connectivity index (χ1n) is 8.34. The summed E-state index contributed by atoms with van der Waals surface area (Å²) < 4.78 is 64.6. The highest BCUT2D eigenvalue weighted by Crippen LogP contribution is 2.25. The van der Waals surface area contributed by atoms with Gasteiger partial charge < -0.3 is 14.8 Å². The van der Waals surface area contributed by atoms with Crippen molar-refractivity contribution in [3.05, 3.63) is 53.6 Å². The van der Waals surface area contributed by atoms with Crippen molar-refractivity contribution in [2.75, 3.05) is 25.6 Å². The van der Waals surface area contributed by atoms with Crippen LogP contribution in [0.4, 0.5) is 14.5 Å². The Hall–Kier alpha value is -2.56. The summed E-state index contributed by atoms with van der Waals surface area (Å²) in [5.41, 5.74) is -0.211. The van der Waals surface area contributed by atoms with Crippen LogP contribution in [0.2, 0.25) is 0 Å². The van der Waals surface area contributed by atoms with Gasteiger partial charge in [0.2, 0.25) is 10.0 Å². The SMILES string of the molecule is COc1ccc(S(=O)(=O)NC2CCOC2)cc1C(=O)Nc1cc(F)cc(F)c1. The second kappa shape index (κ2) is 8.21. The minimum atomic E-state index is -3.90. The van der Waals surface area contributed by atoms with E-state index in [0.717, 1.165) is 18.2 Å². The van der Waals surface area contributed by atoms with E-state index in [9.17, 15) is 22.0 Å². The molecule has 7 nitrogen and oxygen atoms in total. The van der Waals surface area contributed by atoms with Gasteiger partial charge in [-0.3, -0.25) is 4.79 Å². The van der Waals surface area contributed by atoms with Crippen LogP contribution < -0.4 is 14.8 Å². The summed E-state index contributed by atoms with van der Waals surface area (Å²) in [6.07, 6.45) is 0.549. The van der Waals surface area contributed by atoms with Gasteiger partial charge in [-0.15, -0.1) is 0 Å². The van der Waals surface area contributed by atoms with Crippen LogP contribution >= 0.6 is 0 Å². The fourth-order valence-corrected chi connectivity index (χ4v) is 4.05. The van der Waals surface area contributed by atoms with Crippen molar-refractivity contribution >= 4 is 21.6 Å². The van der Waals surface area contributed by atoms with Crippen molar-refractivity contribution < 1.29 is 31.5 Å². The molecule has 2 N–H and O–H groups in total. The van der Waals surface area contributed by atoms with E-state index in [0.29, 0.717) is 19.1 Å². The zero-order chi connectivity index (χ0) is 20.3. The largest absolute Gasteiger partial charge is 0.496 e. The molecule has 2 aromatic rings. The fourth-order valence-electron chi connectivity index (χ4n) is 2.77. The molecule has 0 aliphatic carbocycles. The van der Waals surface area contributed by atoms with Gasteiger partial charge in [-0.1, -0.05) is 0 Å². The Morgan fingerprint density at radius 3 is 2.50 bits per heavy atom. The number of ether oxygens (including phenoxy) is 2. The number of nitrogens with one attached hydrogen (secondary N) is 2. The number of amides is 1. The minimum Gasteiger partial charge on any atom is -0.496 e. The molecule has 1 amide bonds. The molecule has 0 spiro atoms. The van der Waals surface area contributed by atoms with Crippen molar-refractivity contribution in [3.63, 3.8) is 0 Å². The molecule has 0 saturated carbocycles. The number of carbonyl (C=O) groups is 1. The van der Waals surface area contributed by atoms with Crippen molar-refractivity contribution in [2.45, 2.75) is 17.4 Å². The second-order valence-electron chi connectivity index (χ2n) is 6.16. The van der Waals surface area contributed by atoms with E-state index >= 15 is 0 Å². The van der Waals surface area contributed by atoms with Gasteiger partial charge in [0.05, 0.1) is 24.2 Å². The van der Waals surface area contributed by atoms with Gasteiger partial charge >= 0.3 is 0 Å². The normalized spacial score (nSPS) is 16.8. The van der Waals surface area contributed by atoms with E-state index in [-0.39, 0.29) is 34.5 Å². The number of methoxy groups -OCH3 is 1. The van der Waals surface area contributed by atoms with E-state index in [1.807, 2.05) is 0 Å². The Morgan fingerprint density at radius 1 is 1.18 bits per heavy atom. The third-order valence-corrected chi connectivity index (χ3v) is 5.62. The molecular weight excluding hydrogens is 394 g/mol. The monoisotopic (exact) mass is 412 g/mol. The topological polar surface area (TPSA) is 93.7 Å². The average Bonchev–Trinajstić information content (AvgIpc) is 3.12. The number of benzene rings is 2. The number of hydrogen-bond donors (Lipinski definition) is 2. The van der Waals surface area contributed by atoms with Gasteiger partial charge in [0, 0.05) is 24.4 Å². The molecule has 1 aliphatic rings. The average molecular weight is 412 g/mol. The minimum absolute atomic E-state index is 0.0993. The van der Waals surface area contributed by atoms with Crippen molar-refractivity contribution in [1.29, 1.82) is 0 Å². The van der Waals surface area contributed by atoms with E-state index in [4.69, 9.17) is 9.47 Å². The maximum Gasteiger partial charge on any atom is 0.259 e. The molecular formula is C18H18F2N2O5S. The van der Waals surface area contributed by atoms with Crippen molar-refractivity contribution in [3.8, 4) is 5.75 Å². The smallest absolute Gasteiger partial charge is 0.259 e. The number of halogens is 2. The van der Waals surface area contributed by atoms with E-state index in [1.165, 1.54) is 19.2 Å². The number of hydrogen-bond acceptors (Lipinski definition) is 5. The Morgan fingerprint density at radius 2 is 1.89 bits per heavy atom. The van der Waals surface area contributed by atoms with Crippen molar-refractivity contribution in [1.82, 2.24) is 4.72 Å². The lowest BCUT2D eigenvalue weighted by molar-refractivity contribution is 0.102. The van der Waals surface area contributed by atoms with Crippen LogP contribution in [-0.2, 0) is 14.8 Å². The van der Waals surface area contributed by atoms with E-state index < -0.39 is 27.6 Å². The molecule has 10 heteroatoms. The zero-order valence-electron chi connectivity index (χ0n) is 14.9. The van der Waals surface area contributed by atoms with Crippen molar-refractivity contribution in [2.24, 2.45) is 0 Å². The molecule has 1 unspecified atom stereocenters. The summed E-state index contributed by atoms with van der Waals surface area (Å²) in [5.74, 6) is -2.39. The fraction of sp³-hybridized carbons (Fsp3) is 0.278. The molecule has 1 atom stereocenters. The highest BCUT2D eigenvalue weighted by Gasteiger charge is 2.25. The van der Waals surface area contributed by atoms with Gasteiger partial charge in [0.25, 0.3) is 5.91 Å². The maximum atomic E-state index is 13.3. The highest BCUT2D eigenvalue weighted by molar-refractivity contribution is 7.89. The summed E-state index contributed by atoms with van der Waals surface area (Å²) >= 11 is 0.